The van der Waals surface area contributed by atoms with Gasteiger partial charge in [-0.3, -0.25) is 9.59 Å². The van der Waals surface area contributed by atoms with E-state index < -0.39 is 0 Å². The van der Waals surface area contributed by atoms with Crippen molar-refractivity contribution in [2.45, 2.75) is 207 Å². The number of rotatable bonds is 34. The topological polar surface area (TPSA) is 55.8 Å². The van der Waals surface area contributed by atoms with Crippen LogP contribution in [0.5, 0.6) is 0 Å². The minimum absolute atomic E-state index is 0.0773. The fourth-order valence-electron chi connectivity index (χ4n) is 6.15. The Morgan fingerprint density at radius 3 is 1.45 bits per heavy atom. The molecule has 0 aromatic carbocycles. The molecule has 0 heterocycles. The fraction of sp³-hybridized carbons (Fsp3) is 0.949. The Morgan fingerprint density at radius 2 is 0.932 bits per heavy atom. The highest BCUT2D eigenvalue weighted by Crippen LogP contribution is 2.24. The lowest BCUT2D eigenvalue weighted by atomic mass is 9.90. The van der Waals surface area contributed by atoms with Gasteiger partial charge in [0.2, 0.25) is 0 Å². The van der Waals surface area contributed by atoms with Gasteiger partial charge in [-0.2, -0.15) is 0 Å². The molecule has 1 atom stereocenters. The van der Waals surface area contributed by atoms with Crippen molar-refractivity contribution in [3.05, 3.63) is 0 Å². The van der Waals surface area contributed by atoms with Crippen LogP contribution in [0.25, 0.3) is 0 Å². The van der Waals surface area contributed by atoms with Crippen molar-refractivity contribution in [3.8, 4) is 0 Å². The quantitative estimate of drug-likeness (QED) is 0.0527. The highest BCUT2D eigenvalue weighted by molar-refractivity contribution is 5.70. The molecule has 0 amide bonds. The van der Waals surface area contributed by atoms with Crippen molar-refractivity contribution < 1.29 is 19.1 Å². The lowest BCUT2D eigenvalue weighted by Gasteiger charge is -2.18. The molecule has 44 heavy (non-hydrogen) atoms. The molecule has 5 heteroatoms. The molecule has 0 rings (SSSR count). The monoisotopic (exact) mass is 624 g/mol. The molecule has 0 fully saturated rings. The Labute approximate surface area is 275 Å². The number of hydrogen-bond acceptors (Lipinski definition) is 5. The number of hydrogen-bond donors (Lipinski definition) is 0. The molecule has 0 bridgehead atoms. The van der Waals surface area contributed by atoms with Gasteiger partial charge in [-0.05, 0) is 71.5 Å². The average Bonchev–Trinajstić information content (AvgIpc) is 2.99. The second-order valence-electron chi connectivity index (χ2n) is 13.8. The molecule has 262 valence electrons. The zero-order valence-corrected chi connectivity index (χ0v) is 30.4. The first-order valence-electron chi connectivity index (χ1n) is 19.4. The van der Waals surface area contributed by atoms with Crippen LogP contribution in [0, 0.1) is 5.92 Å². The van der Waals surface area contributed by atoms with E-state index in [4.69, 9.17) is 9.47 Å². The van der Waals surface area contributed by atoms with Crippen LogP contribution in [0.3, 0.4) is 0 Å². The molecule has 0 aromatic rings. The standard InChI is InChI=1S/C39H77NO4/c1-6-9-12-15-18-20-27-36(28-21-19-16-13-10-7-2)29-23-24-35-43-38(41)32-25-31-37(30-22-17-14-11-8-3)44-39(42)33-26-34-40(4)5/h36-37H,6-35H2,1-5H3. The third-order valence-electron chi connectivity index (χ3n) is 9.02. The normalized spacial score (nSPS) is 12.2. The summed E-state index contributed by atoms with van der Waals surface area (Å²) in [6, 6.07) is 0. The number of esters is 2. The summed E-state index contributed by atoms with van der Waals surface area (Å²) >= 11 is 0. The highest BCUT2D eigenvalue weighted by Gasteiger charge is 2.16. The summed E-state index contributed by atoms with van der Waals surface area (Å²) in [6.07, 6.45) is 32.7. The molecule has 0 saturated heterocycles. The number of carbonyl (C=O) groups is 2. The molecule has 1 unspecified atom stereocenters. The molecule has 5 nitrogen and oxygen atoms in total. The Balaban J connectivity index is 4.33. The van der Waals surface area contributed by atoms with Crippen LogP contribution in [-0.4, -0.2) is 50.2 Å². The number of ether oxygens (including phenoxy) is 2. The second kappa shape index (κ2) is 33.3. The number of nitrogens with zero attached hydrogens (tertiary/aromatic N) is 1. The van der Waals surface area contributed by atoms with Crippen molar-refractivity contribution in [1.29, 1.82) is 0 Å². The SMILES string of the molecule is CCCCCCCCC(CCCCCCCC)CCCCOC(=O)CCCC(CCCCCCC)OC(=O)CCCN(C)C. The van der Waals surface area contributed by atoms with Gasteiger partial charge in [0.1, 0.15) is 6.10 Å². The maximum atomic E-state index is 12.4. The summed E-state index contributed by atoms with van der Waals surface area (Å²) in [6.45, 7) is 8.23. The predicted molar refractivity (Wildman–Crippen MR) is 189 cm³/mol. The number of carbonyl (C=O) groups excluding carboxylic acids is 2. The van der Waals surface area contributed by atoms with Gasteiger partial charge in [-0.25, -0.2) is 0 Å². The summed E-state index contributed by atoms with van der Waals surface area (Å²) in [7, 11) is 4.05. The summed E-state index contributed by atoms with van der Waals surface area (Å²) in [5.41, 5.74) is 0. The van der Waals surface area contributed by atoms with E-state index in [1.165, 1.54) is 122 Å². The van der Waals surface area contributed by atoms with E-state index >= 15 is 0 Å². The molecule has 0 spiro atoms. The minimum Gasteiger partial charge on any atom is -0.466 e. The Hall–Kier alpha value is -1.10. The summed E-state index contributed by atoms with van der Waals surface area (Å²) < 4.78 is 11.5. The van der Waals surface area contributed by atoms with Gasteiger partial charge in [0.25, 0.3) is 0 Å². The van der Waals surface area contributed by atoms with Crippen molar-refractivity contribution in [1.82, 2.24) is 4.90 Å². The Kier molecular flexibility index (Phi) is 32.4. The van der Waals surface area contributed by atoms with Crippen LogP contribution >= 0.6 is 0 Å². The highest BCUT2D eigenvalue weighted by atomic mass is 16.5. The van der Waals surface area contributed by atoms with Crippen molar-refractivity contribution in [2.75, 3.05) is 27.2 Å². The van der Waals surface area contributed by atoms with E-state index in [1.54, 1.807) is 0 Å². The maximum Gasteiger partial charge on any atom is 0.306 e. The van der Waals surface area contributed by atoms with Crippen LogP contribution in [0.15, 0.2) is 0 Å². The van der Waals surface area contributed by atoms with Crippen molar-refractivity contribution in [2.24, 2.45) is 5.92 Å². The van der Waals surface area contributed by atoms with E-state index in [0.29, 0.717) is 19.4 Å². The van der Waals surface area contributed by atoms with E-state index in [2.05, 4.69) is 25.7 Å². The molecule has 0 N–H and O–H groups in total. The molecule has 0 aliphatic rings. The van der Waals surface area contributed by atoms with Crippen molar-refractivity contribution >= 4 is 11.9 Å². The zero-order valence-electron chi connectivity index (χ0n) is 30.4. The summed E-state index contributed by atoms with van der Waals surface area (Å²) in [5.74, 6) is 0.645. The third-order valence-corrected chi connectivity index (χ3v) is 9.02. The van der Waals surface area contributed by atoms with Gasteiger partial charge in [0.15, 0.2) is 0 Å². The third kappa shape index (κ3) is 30.9. The van der Waals surface area contributed by atoms with Crippen LogP contribution in [-0.2, 0) is 19.1 Å². The summed E-state index contributed by atoms with van der Waals surface area (Å²) in [4.78, 5) is 26.9. The molecule has 0 aromatic heterocycles. The van der Waals surface area contributed by atoms with Crippen LogP contribution in [0.2, 0.25) is 0 Å². The van der Waals surface area contributed by atoms with Crippen LogP contribution in [0.1, 0.15) is 201 Å². The maximum absolute atomic E-state index is 12.4. The number of unbranched alkanes of at least 4 members (excludes halogenated alkanes) is 15. The molecule has 0 aliphatic heterocycles. The second-order valence-corrected chi connectivity index (χ2v) is 13.8. The largest absolute Gasteiger partial charge is 0.466 e. The lowest BCUT2D eigenvalue weighted by molar-refractivity contribution is -0.150. The molecule has 0 saturated carbocycles. The van der Waals surface area contributed by atoms with Crippen molar-refractivity contribution in [3.63, 3.8) is 0 Å². The van der Waals surface area contributed by atoms with Gasteiger partial charge < -0.3 is 14.4 Å². The molecular weight excluding hydrogens is 546 g/mol. The summed E-state index contributed by atoms with van der Waals surface area (Å²) in [5, 5.41) is 0. The van der Waals surface area contributed by atoms with E-state index in [1.807, 2.05) is 14.1 Å². The Bertz CT molecular complexity index is 607. The van der Waals surface area contributed by atoms with Gasteiger partial charge in [0, 0.05) is 12.8 Å². The zero-order chi connectivity index (χ0) is 32.5. The first-order chi connectivity index (χ1) is 21.4. The molecular formula is C39H77NO4. The van der Waals surface area contributed by atoms with Gasteiger partial charge in [-0.15, -0.1) is 0 Å². The first-order valence-corrected chi connectivity index (χ1v) is 19.4. The lowest BCUT2D eigenvalue weighted by Crippen LogP contribution is -2.20. The van der Waals surface area contributed by atoms with Gasteiger partial charge >= 0.3 is 11.9 Å². The van der Waals surface area contributed by atoms with Gasteiger partial charge in [-0.1, -0.05) is 143 Å². The first kappa shape index (κ1) is 42.9. The van der Waals surface area contributed by atoms with E-state index in [9.17, 15) is 9.59 Å². The van der Waals surface area contributed by atoms with E-state index in [-0.39, 0.29) is 18.0 Å². The van der Waals surface area contributed by atoms with Crippen LogP contribution in [0.4, 0.5) is 0 Å². The predicted octanol–water partition coefficient (Wildman–Crippen LogP) is 11.6. The minimum atomic E-state index is -0.0979. The van der Waals surface area contributed by atoms with Crippen LogP contribution < -0.4 is 0 Å². The smallest absolute Gasteiger partial charge is 0.306 e. The average molecular weight is 624 g/mol. The van der Waals surface area contributed by atoms with Gasteiger partial charge in [0.05, 0.1) is 6.61 Å². The molecule has 0 aliphatic carbocycles. The fourth-order valence-corrected chi connectivity index (χ4v) is 6.15. The Morgan fingerprint density at radius 1 is 0.500 bits per heavy atom. The molecule has 0 radical (unpaired) electrons. The van der Waals surface area contributed by atoms with E-state index in [0.717, 1.165) is 57.4 Å².